The molecule has 0 N–H and O–H groups in total. The van der Waals surface area contributed by atoms with Gasteiger partial charge in [-0.05, 0) is 124 Å². The molecule has 0 amide bonds. The lowest BCUT2D eigenvalue weighted by molar-refractivity contribution is 0.584. The van der Waals surface area contributed by atoms with Crippen molar-refractivity contribution in [2.75, 3.05) is 4.90 Å². The predicted octanol–water partition coefficient (Wildman–Crippen LogP) is 15.3. The van der Waals surface area contributed by atoms with Gasteiger partial charge < -0.3 is 18.2 Å². The van der Waals surface area contributed by atoms with E-state index < -0.39 is 0 Å². The summed E-state index contributed by atoms with van der Waals surface area (Å²) >= 11 is 0. The third-order valence-corrected chi connectivity index (χ3v) is 12.1. The van der Waals surface area contributed by atoms with Gasteiger partial charge in [0.05, 0.1) is 0 Å². The Balaban J connectivity index is 0.898. The largest absolute Gasteiger partial charge is 0.416 e. The number of aromatic nitrogens is 6. The molecule has 332 valence electrons. The van der Waals surface area contributed by atoms with Crippen molar-refractivity contribution >= 4 is 17.1 Å². The fraction of sp³-hybridized carbons (Fsp3) is 0. The van der Waals surface area contributed by atoms with Gasteiger partial charge in [-0.25, -0.2) is 0 Å². The third-order valence-electron chi connectivity index (χ3n) is 12.1. The van der Waals surface area contributed by atoms with E-state index in [0.717, 1.165) is 83.8 Å². The van der Waals surface area contributed by atoms with E-state index in [4.69, 9.17) is 13.3 Å². The van der Waals surface area contributed by atoms with Crippen LogP contribution in [0.1, 0.15) is 0 Å². The zero-order valence-electron chi connectivity index (χ0n) is 37.4. The van der Waals surface area contributed by atoms with E-state index in [1.54, 1.807) is 0 Å². The van der Waals surface area contributed by atoms with E-state index in [-0.39, 0.29) is 0 Å². The van der Waals surface area contributed by atoms with Gasteiger partial charge in [-0.3, -0.25) is 0 Å². The second kappa shape index (κ2) is 18.5. The SMILES string of the molecule is c1ccc(-c2nnc(-c3ccccc3-c3ccc(N(c4ccc(-c5ccccc5-c5nnc(-c6ccccc6)o5)cc4)c4ccc(-c5ccccc5-c5nnc(-c6ccccc6)o5)cc4)cc3)o2)cc1. The highest BCUT2D eigenvalue weighted by Crippen LogP contribution is 2.41. The summed E-state index contributed by atoms with van der Waals surface area (Å²) in [4.78, 5) is 2.25. The van der Waals surface area contributed by atoms with Gasteiger partial charge in [-0.1, -0.05) is 146 Å². The fourth-order valence-corrected chi connectivity index (χ4v) is 8.67. The van der Waals surface area contributed by atoms with Crippen molar-refractivity contribution in [3.63, 3.8) is 0 Å². The molecule has 0 aliphatic rings. The third kappa shape index (κ3) is 8.22. The van der Waals surface area contributed by atoms with Gasteiger partial charge in [0, 0.05) is 50.4 Å². The Morgan fingerprint density at radius 3 is 0.700 bits per heavy atom. The Bertz CT molecular complexity index is 3310. The Kier molecular flexibility index (Phi) is 11.0. The zero-order valence-corrected chi connectivity index (χ0v) is 37.4. The van der Waals surface area contributed by atoms with Crippen LogP contribution in [0.5, 0.6) is 0 Å². The van der Waals surface area contributed by atoms with E-state index in [1.165, 1.54) is 0 Å². The predicted molar refractivity (Wildman–Crippen MR) is 274 cm³/mol. The average molecular weight is 906 g/mol. The average Bonchev–Trinajstić information content (AvgIpc) is 4.26. The molecule has 0 spiro atoms. The lowest BCUT2D eigenvalue weighted by Gasteiger charge is -2.26. The number of nitrogens with zero attached hydrogens (tertiary/aromatic N) is 7. The molecule has 0 atom stereocenters. The van der Waals surface area contributed by atoms with Crippen molar-refractivity contribution in [1.82, 2.24) is 30.6 Å². The quantitative estimate of drug-likeness (QED) is 0.117. The van der Waals surface area contributed by atoms with E-state index in [1.807, 2.05) is 146 Å². The molecule has 70 heavy (non-hydrogen) atoms. The van der Waals surface area contributed by atoms with E-state index in [0.29, 0.717) is 35.3 Å². The van der Waals surface area contributed by atoms with Crippen LogP contribution in [0.25, 0.3) is 102 Å². The molecular weight excluding hydrogens is 867 g/mol. The molecule has 3 heterocycles. The topological polar surface area (TPSA) is 120 Å². The molecule has 0 fully saturated rings. The molecular formula is C60H39N7O3. The first kappa shape index (κ1) is 41.6. The normalized spacial score (nSPS) is 11.1. The van der Waals surface area contributed by atoms with Crippen molar-refractivity contribution < 1.29 is 13.3 Å². The van der Waals surface area contributed by atoms with Crippen molar-refractivity contribution in [3.05, 3.63) is 237 Å². The smallest absolute Gasteiger partial charge is 0.248 e. The van der Waals surface area contributed by atoms with Crippen LogP contribution in [0, 0.1) is 0 Å². The minimum absolute atomic E-state index is 0.454. The molecule has 0 saturated heterocycles. The Morgan fingerprint density at radius 1 is 0.200 bits per heavy atom. The molecule has 0 aliphatic heterocycles. The Hall–Kier alpha value is -9.80. The summed E-state index contributed by atoms with van der Waals surface area (Å²) in [5.74, 6) is 2.78. The molecule has 12 aromatic rings. The van der Waals surface area contributed by atoms with Gasteiger partial charge in [-0.15, -0.1) is 30.6 Å². The molecule has 9 aromatic carbocycles. The van der Waals surface area contributed by atoms with Crippen molar-refractivity contribution in [2.24, 2.45) is 0 Å². The van der Waals surface area contributed by atoms with Crippen molar-refractivity contribution in [2.45, 2.75) is 0 Å². The molecule has 10 nitrogen and oxygen atoms in total. The van der Waals surface area contributed by atoms with Crippen LogP contribution in [-0.4, -0.2) is 30.6 Å². The molecule has 3 aromatic heterocycles. The first-order chi connectivity index (χ1) is 34.7. The second-order valence-electron chi connectivity index (χ2n) is 16.4. The summed E-state index contributed by atoms with van der Waals surface area (Å²) in [5, 5.41) is 26.5. The van der Waals surface area contributed by atoms with Crippen LogP contribution in [0.15, 0.2) is 250 Å². The monoisotopic (exact) mass is 905 g/mol. The molecule has 10 heteroatoms. The Morgan fingerprint density at radius 2 is 0.429 bits per heavy atom. The van der Waals surface area contributed by atoms with Gasteiger partial charge in [0.15, 0.2) is 0 Å². The minimum atomic E-state index is 0.454. The van der Waals surface area contributed by atoms with Crippen LogP contribution in [0.2, 0.25) is 0 Å². The van der Waals surface area contributed by atoms with Crippen LogP contribution in [-0.2, 0) is 0 Å². The number of hydrogen-bond acceptors (Lipinski definition) is 10. The van der Waals surface area contributed by atoms with E-state index in [9.17, 15) is 0 Å². The van der Waals surface area contributed by atoms with Crippen LogP contribution < -0.4 is 4.90 Å². The summed E-state index contributed by atoms with van der Waals surface area (Å²) in [6.07, 6.45) is 0. The molecule has 0 aliphatic carbocycles. The molecule has 0 unspecified atom stereocenters. The maximum Gasteiger partial charge on any atom is 0.248 e. The van der Waals surface area contributed by atoms with Crippen LogP contribution >= 0.6 is 0 Å². The van der Waals surface area contributed by atoms with Crippen molar-refractivity contribution in [3.8, 4) is 102 Å². The Labute approximate surface area is 402 Å². The highest BCUT2D eigenvalue weighted by Gasteiger charge is 2.20. The summed E-state index contributed by atoms with van der Waals surface area (Å²) in [6, 6.07) is 79.3. The van der Waals surface area contributed by atoms with E-state index >= 15 is 0 Å². The zero-order chi connectivity index (χ0) is 46.6. The summed E-state index contributed by atoms with van der Waals surface area (Å²) in [7, 11) is 0. The lowest BCUT2D eigenvalue weighted by Crippen LogP contribution is -2.09. The van der Waals surface area contributed by atoms with E-state index in [2.05, 4.69) is 126 Å². The number of hydrogen-bond donors (Lipinski definition) is 0. The van der Waals surface area contributed by atoms with Crippen molar-refractivity contribution in [1.29, 1.82) is 0 Å². The van der Waals surface area contributed by atoms with Gasteiger partial charge in [0.1, 0.15) is 0 Å². The molecule has 0 radical (unpaired) electrons. The first-order valence-corrected chi connectivity index (χ1v) is 22.8. The maximum absolute atomic E-state index is 6.23. The standard InChI is InChI=1S/C60H39N7O3/c1-4-16-43(17-5-1)55-61-64-58(68-55)52-25-13-10-22-49(52)40-28-34-46(35-29-40)67(47-36-30-41(31-37-47)50-23-11-14-26-53(50)59-65-62-56(69-59)44-18-6-2-7-19-44)48-38-32-42(33-39-48)51-24-12-15-27-54(51)60-66-63-57(70-60)45-20-8-3-9-21-45/h1-39H. The lowest BCUT2D eigenvalue weighted by atomic mass is 9.98. The first-order valence-electron chi connectivity index (χ1n) is 22.8. The van der Waals surface area contributed by atoms with Gasteiger partial charge in [0.25, 0.3) is 0 Å². The van der Waals surface area contributed by atoms with Gasteiger partial charge in [0.2, 0.25) is 35.3 Å². The summed E-state index contributed by atoms with van der Waals surface area (Å²) in [6.45, 7) is 0. The second-order valence-corrected chi connectivity index (χ2v) is 16.4. The van der Waals surface area contributed by atoms with Crippen LogP contribution in [0.3, 0.4) is 0 Å². The number of benzene rings is 9. The van der Waals surface area contributed by atoms with Gasteiger partial charge in [-0.2, -0.15) is 0 Å². The minimum Gasteiger partial charge on any atom is -0.416 e. The fourth-order valence-electron chi connectivity index (χ4n) is 8.67. The highest BCUT2D eigenvalue weighted by atomic mass is 16.4. The van der Waals surface area contributed by atoms with Gasteiger partial charge >= 0.3 is 0 Å². The molecule has 12 rings (SSSR count). The van der Waals surface area contributed by atoms with Crippen LogP contribution in [0.4, 0.5) is 17.1 Å². The molecule has 0 saturated carbocycles. The maximum atomic E-state index is 6.23. The molecule has 0 bridgehead atoms. The number of rotatable bonds is 12. The summed E-state index contributed by atoms with van der Waals surface area (Å²) in [5.41, 5.74) is 14.0. The summed E-state index contributed by atoms with van der Waals surface area (Å²) < 4.78 is 18.7. The number of anilines is 3. The highest BCUT2D eigenvalue weighted by molar-refractivity contribution is 5.87.